The van der Waals surface area contributed by atoms with Crippen LogP contribution in [0.1, 0.15) is 51.4 Å². The fraction of sp³-hybridized carbons (Fsp3) is 0.667. The molecule has 0 aromatic carbocycles. The number of esters is 2. The van der Waals surface area contributed by atoms with E-state index < -0.39 is 11.9 Å². The number of rotatable bonds is 12. The molecule has 0 aromatic heterocycles. The molecule has 0 saturated heterocycles. The molecule has 0 aromatic rings. The lowest BCUT2D eigenvalue weighted by atomic mass is 9.83. The zero-order chi connectivity index (χ0) is 21.6. The third-order valence-corrected chi connectivity index (χ3v) is 6.11. The van der Waals surface area contributed by atoms with Gasteiger partial charge in [-0.15, -0.1) is 0 Å². The summed E-state index contributed by atoms with van der Waals surface area (Å²) >= 11 is 0. The topological polar surface area (TPSA) is 71.1 Å². The number of hydrogen-bond acceptors (Lipinski definition) is 6. The fourth-order valence-electron chi connectivity index (χ4n) is 4.17. The molecular weight excluding hydrogens is 384 g/mol. The van der Waals surface area contributed by atoms with Crippen LogP contribution in [0.4, 0.5) is 0 Å². The van der Waals surface area contributed by atoms with Crippen LogP contribution in [0.2, 0.25) is 0 Å². The first-order valence-corrected chi connectivity index (χ1v) is 11.1. The SMILES string of the molecule is C=COCC1CCC(COC(=O)/C=C\C(=O)OCC2CCC(COC=C)CC2)CC1. The number of carbonyl (C=O) groups is 2. The van der Waals surface area contributed by atoms with E-state index in [0.717, 1.165) is 63.5 Å². The lowest BCUT2D eigenvalue weighted by Crippen LogP contribution is -2.22. The summed E-state index contributed by atoms with van der Waals surface area (Å²) in [6.45, 7) is 9.34. The van der Waals surface area contributed by atoms with E-state index in [2.05, 4.69) is 13.2 Å². The number of ether oxygens (including phenoxy) is 4. The largest absolute Gasteiger partial charge is 0.502 e. The highest BCUT2D eigenvalue weighted by atomic mass is 16.5. The van der Waals surface area contributed by atoms with Crippen molar-refractivity contribution in [2.75, 3.05) is 26.4 Å². The molecule has 0 bridgehead atoms. The maximum Gasteiger partial charge on any atom is 0.331 e. The molecule has 0 radical (unpaired) electrons. The molecule has 168 valence electrons. The van der Waals surface area contributed by atoms with Gasteiger partial charge in [0, 0.05) is 12.2 Å². The first kappa shape index (κ1) is 24.0. The molecule has 2 aliphatic rings. The van der Waals surface area contributed by atoms with Gasteiger partial charge in [-0.25, -0.2) is 9.59 Å². The Kier molecular flexibility index (Phi) is 11.1. The molecular formula is C24H36O6. The number of hydrogen-bond donors (Lipinski definition) is 0. The van der Waals surface area contributed by atoms with Gasteiger partial charge in [0.2, 0.25) is 0 Å². The fourth-order valence-corrected chi connectivity index (χ4v) is 4.17. The quantitative estimate of drug-likeness (QED) is 0.262. The first-order chi connectivity index (χ1) is 14.6. The van der Waals surface area contributed by atoms with E-state index in [1.807, 2.05) is 0 Å². The molecule has 2 saturated carbocycles. The van der Waals surface area contributed by atoms with Gasteiger partial charge in [-0.1, -0.05) is 13.2 Å². The van der Waals surface area contributed by atoms with E-state index >= 15 is 0 Å². The third kappa shape index (κ3) is 9.51. The van der Waals surface area contributed by atoms with Crippen molar-refractivity contribution < 1.29 is 28.5 Å². The van der Waals surface area contributed by atoms with Gasteiger partial charge in [0.05, 0.1) is 39.0 Å². The normalized spacial score (nSPS) is 26.5. The Morgan fingerprint density at radius 2 is 0.900 bits per heavy atom. The molecule has 6 heteroatoms. The highest BCUT2D eigenvalue weighted by Crippen LogP contribution is 2.30. The van der Waals surface area contributed by atoms with E-state index in [4.69, 9.17) is 18.9 Å². The molecule has 0 atom stereocenters. The minimum atomic E-state index is -0.494. The van der Waals surface area contributed by atoms with Crippen LogP contribution in [0.15, 0.2) is 37.8 Å². The van der Waals surface area contributed by atoms with Gasteiger partial charge in [-0.05, 0) is 75.0 Å². The summed E-state index contributed by atoms with van der Waals surface area (Å²) < 4.78 is 21.1. The van der Waals surface area contributed by atoms with Crippen LogP contribution >= 0.6 is 0 Å². The van der Waals surface area contributed by atoms with Crippen molar-refractivity contribution in [3.05, 3.63) is 37.8 Å². The molecule has 0 heterocycles. The van der Waals surface area contributed by atoms with Crippen LogP contribution in [0.25, 0.3) is 0 Å². The molecule has 0 amide bonds. The van der Waals surface area contributed by atoms with Crippen LogP contribution in [0.3, 0.4) is 0 Å². The van der Waals surface area contributed by atoms with Gasteiger partial charge in [0.1, 0.15) is 0 Å². The molecule has 0 aliphatic heterocycles. The Labute approximate surface area is 180 Å². The van der Waals surface area contributed by atoms with E-state index in [-0.39, 0.29) is 0 Å². The molecule has 30 heavy (non-hydrogen) atoms. The smallest absolute Gasteiger partial charge is 0.331 e. The molecule has 0 spiro atoms. The summed E-state index contributed by atoms with van der Waals surface area (Å²) in [5.74, 6) is 0.876. The Bertz CT molecular complexity index is 518. The first-order valence-electron chi connectivity index (χ1n) is 11.1. The summed E-state index contributed by atoms with van der Waals surface area (Å²) in [7, 11) is 0. The van der Waals surface area contributed by atoms with Crippen LogP contribution < -0.4 is 0 Å². The molecule has 2 fully saturated rings. The van der Waals surface area contributed by atoms with E-state index in [1.165, 1.54) is 12.5 Å². The second-order valence-electron chi connectivity index (χ2n) is 8.37. The van der Waals surface area contributed by atoms with Crippen molar-refractivity contribution in [3.8, 4) is 0 Å². The van der Waals surface area contributed by atoms with E-state index in [9.17, 15) is 9.59 Å². The average molecular weight is 421 g/mol. The highest BCUT2D eigenvalue weighted by molar-refractivity contribution is 5.91. The average Bonchev–Trinajstić information content (AvgIpc) is 2.78. The Balaban J connectivity index is 1.54. The van der Waals surface area contributed by atoms with Crippen molar-refractivity contribution in [2.24, 2.45) is 23.7 Å². The van der Waals surface area contributed by atoms with Gasteiger partial charge in [0.15, 0.2) is 0 Å². The van der Waals surface area contributed by atoms with E-state index in [1.54, 1.807) is 0 Å². The van der Waals surface area contributed by atoms with E-state index in [0.29, 0.717) is 50.1 Å². The second-order valence-corrected chi connectivity index (χ2v) is 8.37. The zero-order valence-corrected chi connectivity index (χ0v) is 18.0. The summed E-state index contributed by atoms with van der Waals surface area (Å²) in [5.41, 5.74) is 0. The molecule has 6 nitrogen and oxygen atoms in total. The maximum absolute atomic E-state index is 11.9. The summed E-state index contributed by atoms with van der Waals surface area (Å²) in [4.78, 5) is 23.7. The Morgan fingerprint density at radius 3 is 1.20 bits per heavy atom. The van der Waals surface area contributed by atoms with Gasteiger partial charge in [-0.2, -0.15) is 0 Å². The summed E-state index contributed by atoms with van der Waals surface area (Å²) in [5, 5.41) is 0. The van der Waals surface area contributed by atoms with Gasteiger partial charge in [0.25, 0.3) is 0 Å². The summed E-state index contributed by atoms with van der Waals surface area (Å²) in [6.07, 6.45) is 13.7. The molecule has 0 unspecified atom stereocenters. The van der Waals surface area contributed by atoms with Gasteiger partial charge in [-0.3, -0.25) is 0 Å². The maximum atomic E-state index is 11.9. The second kappa shape index (κ2) is 13.9. The zero-order valence-electron chi connectivity index (χ0n) is 18.0. The van der Waals surface area contributed by atoms with Crippen LogP contribution in [-0.4, -0.2) is 38.4 Å². The minimum absolute atomic E-state index is 0.376. The molecule has 2 rings (SSSR count). The van der Waals surface area contributed by atoms with Crippen molar-refractivity contribution in [3.63, 3.8) is 0 Å². The molecule has 2 aliphatic carbocycles. The summed E-state index contributed by atoms with van der Waals surface area (Å²) in [6, 6.07) is 0. The minimum Gasteiger partial charge on any atom is -0.502 e. The van der Waals surface area contributed by atoms with Crippen molar-refractivity contribution in [1.29, 1.82) is 0 Å². The van der Waals surface area contributed by atoms with Crippen LogP contribution in [-0.2, 0) is 28.5 Å². The monoisotopic (exact) mass is 420 g/mol. The van der Waals surface area contributed by atoms with Gasteiger partial charge < -0.3 is 18.9 Å². The Hall–Kier alpha value is -2.24. The third-order valence-electron chi connectivity index (χ3n) is 6.11. The van der Waals surface area contributed by atoms with Crippen molar-refractivity contribution >= 4 is 11.9 Å². The lowest BCUT2D eigenvalue weighted by molar-refractivity contribution is -0.142. The van der Waals surface area contributed by atoms with Gasteiger partial charge >= 0.3 is 11.9 Å². The molecule has 0 N–H and O–H groups in total. The van der Waals surface area contributed by atoms with Crippen LogP contribution in [0, 0.1) is 23.7 Å². The standard InChI is InChI=1S/C24H36O6/c1-3-27-15-19-5-9-21(10-6-19)17-29-23(25)13-14-24(26)30-18-22-11-7-20(8-12-22)16-28-4-2/h3-4,13-14,19-22H,1-2,5-12,15-18H2/b14-13-. The predicted molar refractivity (Wildman–Crippen MR) is 114 cm³/mol. The predicted octanol–water partition coefficient (Wildman–Crippen LogP) is 4.56. The van der Waals surface area contributed by atoms with Crippen molar-refractivity contribution in [2.45, 2.75) is 51.4 Å². The highest BCUT2D eigenvalue weighted by Gasteiger charge is 2.23. The lowest BCUT2D eigenvalue weighted by Gasteiger charge is -2.27. The number of carbonyl (C=O) groups excluding carboxylic acids is 2. The van der Waals surface area contributed by atoms with Crippen LogP contribution in [0.5, 0.6) is 0 Å². The van der Waals surface area contributed by atoms with Crippen molar-refractivity contribution in [1.82, 2.24) is 0 Å². The Morgan fingerprint density at radius 1 is 0.600 bits per heavy atom.